The van der Waals surface area contributed by atoms with Gasteiger partial charge >= 0.3 is 0 Å². The van der Waals surface area contributed by atoms with E-state index in [-0.39, 0.29) is 11.8 Å². The average Bonchev–Trinajstić information content (AvgIpc) is 2.79. The largest absolute Gasteiger partial charge is 0.324 e. The molecule has 1 aromatic rings. The number of likely N-dealkylation sites (tertiary alicyclic amines) is 1. The molecule has 1 aliphatic carbocycles. The van der Waals surface area contributed by atoms with E-state index >= 15 is 0 Å². The third-order valence-corrected chi connectivity index (χ3v) is 5.32. The molecule has 24 heavy (non-hydrogen) atoms. The molecular weight excluding hydrogens is 396 g/mol. The quantitative estimate of drug-likeness (QED) is 0.776. The van der Waals surface area contributed by atoms with Crippen molar-refractivity contribution in [1.29, 1.82) is 0 Å². The molecule has 1 aliphatic heterocycles. The standard InChI is InChI=1S/C17H16BrClN2O3/c1-9(15(22)20-12-5-2-10(18)3-6-12)21-16(23)13-7-4-11(19)8-14(13)17(21)24/h2-6,9,13-14H,7-8H2,1H3,(H,20,22)/t9-,13-,14+/m0/s1. The number of fused-ring (bicyclic) bond motifs is 1. The third kappa shape index (κ3) is 3.13. The van der Waals surface area contributed by atoms with Crippen LogP contribution in [0.25, 0.3) is 0 Å². The van der Waals surface area contributed by atoms with Crippen LogP contribution < -0.4 is 5.32 Å². The number of carbonyl (C=O) groups excluding carboxylic acids is 3. The van der Waals surface area contributed by atoms with Crippen LogP contribution in [-0.4, -0.2) is 28.7 Å². The molecule has 1 N–H and O–H groups in total. The summed E-state index contributed by atoms with van der Waals surface area (Å²) in [5, 5.41) is 3.34. The molecule has 0 aromatic heterocycles. The number of anilines is 1. The molecule has 0 radical (unpaired) electrons. The van der Waals surface area contributed by atoms with Gasteiger partial charge in [0.15, 0.2) is 0 Å². The highest BCUT2D eigenvalue weighted by Gasteiger charge is 2.51. The molecule has 3 rings (SSSR count). The van der Waals surface area contributed by atoms with Crippen molar-refractivity contribution in [2.24, 2.45) is 11.8 Å². The van der Waals surface area contributed by atoms with E-state index in [4.69, 9.17) is 11.6 Å². The van der Waals surface area contributed by atoms with Crippen molar-refractivity contribution in [1.82, 2.24) is 4.90 Å². The fourth-order valence-corrected chi connectivity index (χ4v) is 3.65. The zero-order valence-electron chi connectivity index (χ0n) is 13.0. The normalized spacial score (nSPS) is 24.5. The number of nitrogens with zero attached hydrogens (tertiary/aromatic N) is 1. The van der Waals surface area contributed by atoms with Gasteiger partial charge in [0.25, 0.3) is 0 Å². The number of allylic oxidation sites excluding steroid dienone is 2. The predicted molar refractivity (Wildman–Crippen MR) is 94.2 cm³/mol. The highest BCUT2D eigenvalue weighted by atomic mass is 79.9. The summed E-state index contributed by atoms with van der Waals surface area (Å²) in [6, 6.07) is 6.22. The maximum atomic E-state index is 12.6. The average molecular weight is 412 g/mol. The van der Waals surface area contributed by atoms with Gasteiger partial charge in [0.05, 0.1) is 11.8 Å². The summed E-state index contributed by atoms with van der Waals surface area (Å²) in [6.07, 6.45) is 2.60. The van der Waals surface area contributed by atoms with E-state index in [1.807, 2.05) is 0 Å². The number of amides is 3. The van der Waals surface area contributed by atoms with Gasteiger partial charge in [0, 0.05) is 15.2 Å². The number of nitrogens with one attached hydrogen (secondary N) is 1. The number of hydrogen-bond acceptors (Lipinski definition) is 3. The van der Waals surface area contributed by atoms with Gasteiger partial charge in [0.1, 0.15) is 6.04 Å². The SMILES string of the molecule is C[C@@H](C(=O)Nc1ccc(Br)cc1)N1C(=O)[C@H]2CC=C(Cl)C[C@H]2C1=O. The molecule has 0 saturated carbocycles. The van der Waals surface area contributed by atoms with Gasteiger partial charge in [-0.05, 0) is 44.0 Å². The smallest absolute Gasteiger partial charge is 0.247 e. The third-order valence-electron chi connectivity index (χ3n) is 4.48. The monoisotopic (exact) mass is 410 g/mol. The van der Waals surface area contributed by atoms with Gasteiger partial charge in [0.2, 0.25) is 17.7 Å². The second kappa shape index (κ2) is 6.69. The predicted octanol–water partition coefficient (Wildman–Crippen LogP) is 3.29. The number of benzene rings is 1. The second-order valence-electron chi connectivity index (χ2n) is 6.02. The van der Waals surface area contributed by atoms with Crippen LogP contribution in [0.3, 0.4) is 0 Å². The maximum absolute atomic E-state index is 12.6. The van der Waals surface area contributed by atoms with Crippen LogP contribution in [0.4, 0.5) is 5.69 Å². The number of rotatable bonds is 3. The lowest BCUT2D eigenvalue weighted by molar-refractivity contribution is -0.146. The maximum Gasteiger partial charge on any atom is 0.247 e. The topological polar surface area (TPSA) is 66.5 Å². The molecule has 1 heterocycles. The van der Waals surface area contributed by atoms with Crippen molar-refractivity contribution in [3.63, 3.8) is 0 Å². The van der Waals surface area contributed by atoms with Crippen LogP contribution >= 0.6 is 27.5 Å². The second-order valence-corrected chi connectivity index (χ2v) is 7.42. The summed E-state index contributed by atoms with van der Waals surface area (Å²) in [7, 11) is 0. The van der Waals surface area contributed by atoms with Crippen LogP contribution in [0, 0.1) is 11.8 Å². The highest BCUT2D eigenvalue weighted by molar-refractivity contribution is 9.10. The molecule has 3 amide bonds. The molecule has 0 bridgehead atoms. The van der Waals surface area contributed by atoms with Crippen LogP contribution in [0.2, 0.25) is 0 Å². The van der Waals surface area contributed by atoms with Crippen molar-refractivity contribution in [2.75, 3.05) is 5.32 Å². The molecule has 1 aromatic carbocycles. The van der Waals surface area contributed by atoms with Gasteiger partial charge in [-0.3, -0.25) is 19.3 Å². The number of halogens is 2. The van der Waals surface area contributed by atoms with E-state index in [1.54, 1.807) is 37.3 Å². The summed E-state index contributed by atoms with van der Waals surface area (Å²) >= 11 is 9.33. The van der Waals surface area contributed by atoms with Gasteiger partial charge in [-0.1, -0.05) is 33.6 Å². The Balaban J connectivity index is 1.74. The minimum atomic E-state index is -0.863. The van der Waals surface area contributed by atoms with Crippen LogP contribution in [0.1, 0.15) is 19.8 Å². The molecular formula is C17H16BrClN2O3. The van der Waals surface area contributed by atoms with Crippen molar-refractivity contribution in [3.05, 3.63) is 39.8 Å². The molecule has 5 nitrogen and oxygen atoms in total. The zero-order chi connectivity index (χ0) is 17.4. The Morgan fingerprint density at radius 2 is 1.88 bits per heavy atom. The summed E-state index contributed by atoms with van der Waals surface area (Å²) in [4.78, 5) is 38.6. The number of hydrogen-bond donors (Lipinski definition) is 1. The summed E-state index contributed by atoms with van der Waals surface area (Å²) < 4.78 is 0.895. The van der Waals surface area contributed by atoms with Gasteiger partial charge in [-0.15, -0.1) is 0 Å². The van der Waals surface area contributed by atoms with Crippen molar-refractivity contribution >= 4 is 50.9 Å². The Kier molecular flexibility index (Phi) is 4.78. The van der Waals surface area contributed by atoms with Gasteiger partial charge in [-0.2, -0.15) is 0 Å². The van der Waals surface area contributed by atoms with Gasteiger partial charge in [-0.25, -0.2) is 0 Å². The van der Waals surface area contributed by atoms with Crippen LogP contribution in [0.5, 0.6) is 0 Å². The summed E-state index contributed by atoms with van der Waals surface area (Å²) in [5.74, 6) is -1.84. The molecule has 0 unspecified atom stereocenters. The summed E-state index contributed by atoms with van der Waals surface area (Å²) in [5.41, 5.74) is 0.608. The number of imide groups is 1. The molecule has 3 atom stereocenters. The summed E-state index contributed by atoms with van der Waals surface area (Å²) in [6.45, 7) is 1.57. The minimum absolute atomic E-state index is 0.288. The van der Waals surface area contributed by atoms with Crippen molar-refractivity contribution < 1.29 is 14.4 Å². The first-order valence-corrected chi connectivity index (χ1v) is 8.83. The Morgan fingerprint density at radius 3 is 2.54 bits per heavy atom. The fraction of sp³-hybridized carbons (Fsp3) is 0.353. The lowest BCUT2D eigenvalue weighted by atomic mass is 9.85. The first-order valence-electron chi connectivity index (χ1n) is 7.66. The van der Waals surface area contributed by atoms with Crippen molar-refractivity contribution in [3.8, 4) is 0 Å². The number of carbonyl (C=O) groups is 3. The Morgan fingerprint density at radius 1 is 1.25 bits per heavy atom. The molecule has 1 fully saturated rings. The zero-order valence-corrected chi connectivity index (χ0v) is 15.3. The molecule has 2 aliphatic rings. The molecule has 126 valence electrons. The van der Waals surface area contributed by atoms with E-state index in [1.165, 1.54) is 0 Å². The first-order chi connectivity index (χ1) is 11.4. The molecule has 0 spiro atoms. The molecule has 1 saturated heterocycles. The van der Waals surface area contributed by atoms with E-state index in [2.05, 4.69) is 21.2 Å². The lowest BCUT2D eigenvalue weighted by Gasteiger charge is -2.22. The highest BCUT2D eigenvalue weighted by Crippen LogP contribution is 2.39. The van der Waals surface area contributed by atoms with E-state index in [9.17, 15) is 14.4 Å². The Hall–Kier alpha value is -1.66. The molecule has 7 heteroatoms. The van der Waals surface area contributed by atoms with E-state index < -0.39 is 23.8 Å². The Labute approximate surface area is 153 Å². The van der Waals surface area contributed by atoms with E-state index in [0.717, 1.165) is 9.37 Å². The van der Waals surface area contributed by atoms with Crippen LogP contribution in [-0.2, 0) is 14.4 Å². The Bertz CT molecular complexity index is 732. The lowest BCUT2D eigenvalue weighted by Crippen LogP contribution is -2.46. The minimum Gasteiger partial charge on any atom is -0.324 e. The fourth-order valence-electron chi connectivity index (χ4n) is 3.13. The van der Waals surface area contributed by atoms with Gasteiger partial charge < -0.3 is 5.32 Å². The van der Waals surface area contributed by atoms with Crippen molar-refractivity contribution in [2.45, 2.75) is 25.8 Å². The van der Waals surface area contributed by atoms with E-state index in [0.29, 0.717) is 23.6 Å². The van der Waals surface area contributed by atoms with Crippen LogP contribution in [0.15, 0.2) is 39.8 Å². The first kappa shape index (κ1) is 17.2.